The lowest BCUT2D eigenvalue weighted by Gasteiger charge is -2.32. The van der Waals surface area contributed by atoms with Crippen LogP contribution in [0.3, 0.4) is 0 Å². The third-order valence-corrected chi connectivity index (χ3v) is 6.18. The summed E-state index contributed by atoms with van der Waals surface area (Å²) in [6.45, 7) is 8.77. The van der Waals surface area contributed by atoms with Crippen LogP contribution in [0, 0.1) is 12.8 Å². The summed E-state index contributed by atoms with van der Waals surface area (Å²) in [7, 11) is 1.80. The zero-order valence-electron chi connectivity index (χ0n) is 18.3. The molecule has 7 nitrogen and oxygen atoms in total. The third kappa shape index (κ3) is 5.94. The lowest BCUT2D eigenvalue weighted by atomic mass is 10.1. The molecule has 0 bridgehead atoms. The second-order valence-electron chi connectivity index (χ2n) is 8.09. The average Bonchev–Trinajstić information content (AvgIpc) is 3.22. The van der Waals surface area contributed by atoms with E-state index in [9.17, 15) is 4.79 Å². The minimum Gasteiger partial charge on any atom is -0.450 e. The van der Waals surface area contributed by atoms with E-state index in [0.717, 1.165) is 49.9 Å². The maximum Gasteiger partial charge on any atom is 0.409 e. The molecule has 30 heavy (non-hydrogen) atoms. The Kier molecular flexibility index (Phi) is 8.08. The third-order valence-electron chi connectivity index (χ3n) is 5.94. The molecule has 166 valence electrons. The first-order valence-electron chi connectivity index (χ1n) is 10.9. The van der Waals surface area contributed by atoms with Crippen LogP contribution in [-0.4, -0.2) is 69.4 Å². The highest BCUT2D eigenvalue weighted by Gasteiger charge is 2.26. The van der Waals surface area contributed by atoms with Crippen LogP contribution in [-0.2, 0) is 4.74 Å². The molecule has 2 fully saturated rings. The van der Waals surface area contributed by atoms with E-state index >= 15 is 0 Å². The molecule has 2 saturated heterocycles. The standard InChI is InChI=1S/C22H34ClN5O2/c1-4-30-22(29)27-11-8-19(9-12-27)26-21(24-3)25-14-17-7-10-28(15-17)20-13-18(23)6-5-16(20)2/h5-6,13,17,19H,4,7-12,14-15H2,1-3H3,(H2,24,25,26). The molecule has 0 spiro atoms. The Morgan fingerprint density at radius 1 is 1.27 bits per heavy atom. The summed E-state index contributed by atoms with van der Waals surface area (Å²) in [6.07, 6.45) is 2.72. The quantitative estimate of drug-likeness (QED) is 0.548. The zero-order valence-corrected chi connectivity index (χ0v) is 19.0. The zero-order chi connectivity index (χ0) is 21.5. The van der Waals surface area contributed by atoms with Gasteiger partial charge in [0, 0.05) is 56.5 Å². The number of hydrogen-bond acceptors (Lipinski definition) is 4. The van der Waals surface area contributed by atoms with Gasteiger partial charge in [0.2, 0.25) is 0 Å². The van der Waals surface area contributed by atoms with Crippen LogP contribution in [0.4, 0.5) is 10.5 Å². The second-order valence-corrected chi connectivity index (χ2v) is 8.53. The number of carbonyl (C=O) groups is 1. The van der Waals surface area contributed by atoms with Crippen LogP contribution in [0.5, 0.6) is 0 Å². The van der Waals surface area contributed by atoms with Gasteiger partial charge in [0.05, 0.1) is 6.61 Å². The van der Waals surface area contributed by atoms with Crippen molar-refractivity contribution in [2.75, 3.05) is 51.3 Å². The number of nitrogens with zero attached hydrogens (tertiary/aromatic N) is 3. The van der Waals surface area contributed by atoms with E-state index in [-0.39, 0.29) is 6.09 Å². The van der Waals surface area contributed by atoms with Gasteiger partial charge in [-0.15, -0.1) is 0 Å². The van der Waals surface area contributed by atoms with E-state index in [1.165, 1.54) is 11.3 Å². The Morgan fingerprint density at radius 3 is 2.73 bits per heavy atom. The number of nitrogens with one attached hydrogen (secondary N) is 2. The van der Waals surface area contributed by atoms with Crippen molar-refractivity contribution < 1.29 is 9.53 Å². The molecule has 1 unspecified atom stereocenters. The number of hydrogen-bond donors (Lipinski definition) is 2. The van der Waals surface area contributed by atoms with Crippen LogP contribution < -0.4 is 15.5 Å². The van der Waals surface area contributed by atoms with Crippen molar-refractivity contribution in [1.29, 1.82) is 0 Å². The fraction of sp³-hybridized carbons (Fsp3) is 0.636. The Labute approximate surface area is 184 Å². The number of rotatable bonds is 5. The van der Waals surface area contributed by atoms with E-state index in [4.69, 9.17) is 16.3 Å². The van der Waals surface area contributed by atoms with E-state index in [1.54, 1.807) is 11.9 Å². The number of piperidine rings is 1. The molecule has 2 aliphatic rings. The van der Waals surface area contributed by atoms with E-state index in [0.29, 0.717) is 31.7 Å². The van der Waals surface area contributed by atoms with Gasteiger partial charge in [-0.1, -0.05) is 17.7 Å². The molecule has 8 heteroatoms. The highest BCUT2D eigenvalue weighted by Crippen LogP contribution is 2.29. The molecular formula is C22H34ClN5O2. The SMILES string of the molecule is CCOC(=O)N1CCC(NC(=NC)NCC2CCN(c3cc(Cl)ccc3C)C2)CC1. The van der Waals surface area contributed by atoms with Crippen LogP contribution >= 0.6 is 11.6 Å². The highest BCUT2D eigenvalue weighted by atomic mass is 35.5. The van der Waals surface area contributed by atoms with Crippen molar-refractivity contribution in [3.05, 3.63) is 28.8 Å². The molecule has 1 aromatic rings. The van der Waals surface area contributed by atoms with Crippen molar-refractivity contribution in [2.45, 2.75) is 39.2 Å². The summed E-state index contributed by atoms with van der Waals surface area (Å²) in [5.74, 6) is 1.40. The monoisotopic (exact) mass is 435 g/mol. The summed E-state index contributed by atoms with van der Waals surface area (Å²) in [5.41, 5.74) is 2.50. The number of anilines is 1. The van der Waals surface area contributed by atoms with Gasteiger partial charge in [-0.2, -0.15) is 0 Å². The maximum atomic E-state index is 11.8. The van der Waals surface area contributed by atoms with E-state index < -0.39 is 0 Å². The number of aliphatic imine (C=N–C) groups is 1. The highest BCUT2D eigenvalue weighted by molar-refractivity contribution is 6.30. The van der Waals surface area contributed by atoms with Gasteiger partial charge in [-0.05, 0) is 56.7 Å². The number of ether oxygens (including phenoxy) is 1. The number of halogens is 1. The average molecular weight is 436 g/mol. The largest absolute Gasteiger partial charge is 0.450 e. The van der Waals surface area contributed by atoms with Crippen molar-refractivity contribution in [1.82, 2.24) is 15.5 Å². The molecule has 1 aromatic carbocycles. The van der Waals surface area contributed by atoms with Gasteiger partial charge in [0.1, 0.15) is 0 Å². The maximum absolute atomic E-state index is 11.8. The normalized spacial score (nSPS) is 20.4. The minimum atomic E-state index is -0.209. The van der Waals surface area contributed by atoms with Crippen LogP contribution in [0.1, 0.15) is 31.7 Å². The predicted octanol–water partition coefficient (Wildman–Crippen LogP) is 3.26. The van der Waals surface area contributed by atoms with Crippen molar-refractivity contribution >= 4 is 29.3 Å². The molecule has 0 aromatic heterocycles. The van der Waals surface area contributed by atoms with Gasteiger partial charge in [0.15, 0.2) is 5.96 Å². The number of guanidine groups is 1. The summed E-state index contributed by atoms with van der Waals surface area (Å²) in [4.78, 5) is 20.4. The number of benzene rings is 1. The van der Waals surface area contributed by atoms with Gasteiger partial charge >= 0.3 is 6.09 Å². The minimum absolute atomic E-state index is 0.209. The fourth-order valence-electron chi connectivity index (χ4n) is 4.19. The van der Waals surface area contributed by atoms with Gasteiger partial charge in [-0.3, -0.25) is 4.99 Å². The van der Waals surface area contributed by atoms with E-state index in [1.807, 2.05) is 13.0 Å². The molecule has 1 atom stereocenters. The summed E-state index contributed by atoms with van der Waals surface area (Å²) < 4.78 is 5.09. The molecule has 2 N–H and O–H groups in total. The first kappa shape index (κ1) is 22.5. The molecule has 2 heterocycles. The van der Waals surface area contributed by atoms with Crippen molar-refractivity contribution in [3.8, 4) is 0 Å². The smallest absolute Gasteiger partial charge is 0.409 e. The van der Waals surface area contributed by atoms with Crippen LogP contribution in [0.15, 0.2) is 23.2 Å². The predicted molar refractivity (Wildman–Crippen MR) is 123 cm³/mol. The molecule has 0 radical (unpaired) electrons. The number of aryl methyl sites for hydroxylation is 1. The molecule has 0 aliphatic carbocycles. The van der Waals surface area contributed by atoms with Crippen LogP contribution in [0.25, 0.3) is 0 Å². The topological polar surface area (TPSA) is 69.2 Å². The second kappa shape index (κ2) is 10.8. The Balaban J connectivity index is 1.42. The first-order valence-corrected chi connectivity index (χ1v) is 11.3. The Hall–Kier alpha value is -2.15. The van der Waals surface area contributed by atoms with Gasteiger partial charge in [0.25, 0.3) is 0 Å². The van der Waals surface area contributed by atoms with Crippen molar-refractivity contribution in [3.63, 3.8) is 0 Å². The summed E-state index contributed by atoms with van der Waals surface area (Å²) in [5, 5.41) is 7.79. The molecule has 3 rings (SSSR count). The van der Waals surface area contributed by atoms with Gasteiger partial charge in [-0.25, -0.2) is 4.79 Å². The lowest BCUT2D eigenvalue weighted by molar-refractivity contribution is 0.0963. The number of carbonyl (C=O) groups excluding carboxylic acids is 1. The van der Waals surface area contributed by atoms with Crippen LogP contribution in [0.2, 0.25) is 5.02 Å². The molecule has 2 aliphatic heterocycles. The fourth-order valence-corrected chi connectivity index (χ4v) is 4.36. The van der Waals surface area contributed by atoms with Crippen molar-refractivity contribution in [2.24, 2.45) is 10.9 Å². The summed E-state index contributed by atoms with van der Waals surface area (Å²) >= 11 is 6.20. The Morgan fingerprint density at radius 2 is 2.03 bits per heavy atom. The molecular weight excluding hydrogens is 402 g/mol. The number of amides is 1. The molecule has 1 amide bonds. The van der Waals surface area contributed by atoms with E-state index in [2.05, 4.69) is 39.6 Å². The Bertz CT molecular complexity index is 749. The lowest BCUT2D eigenvalue weighted by Crippen LogP contribution is -2.50. The number of likely N-dealkylation sites (tertiary alicyclic amines) is 1. The molecule has 0 saturated carbocycles. The summed E-state index contributed by atoms with van der Waals surface area (Å²) in [6, 6.07) is 6.41. The first-order chi connectivity index (χ1) is 14.5. The van der Waals surface area contributed by atoms with Gasteiger partial charge < -0.3 is 25.2 Å².